The summed E-state index contributed by atoms with van der Waals surface area (Å²) in [6, 6.07) is 55.1. The minimum Gasteiger partial charge on any atom is -0.509 e. The molecule has 6 heterocycles. The molecule has 0 unspecified atom stereocenters. The van der Waals surface area contributed by atoms with E-state index in [0.717, 1.165) is 82.7 Å². The van der Waals surface area contributed by atoms with E-state index in [4.69, 9.17) is 13.8 Å². The van der Waals surface area contributed by atoms with Gasteiger partial charge >= 0.3 is 0 Å². The molecule has 13 rings (SSSR count). The molecule has 2 aliphatic rings. The summed E-state index contributed by atoms with van der Waals surface area (Å²) in [5.41, 5.74) is 12.0. The van der Waals surface area contributed by atoms with Crippen LogP contribution in [0.3, 0.4) is 0 Å². The Hall–Kier alpha value is -6.62. The van der Waals surface area contributed by atoms with Crippen LogP contribution in [0.2, 0.25) is 0 Å². The fraction of sp³-hybridized carbons (Fsp3) is 0.0204. The van der Waals surface area contributed by atoms with E-state index < -0.39 is 6.98 Å². The predicted octanol–water partition coefficient (Wildman–Crippen LogP) is 12.1. The number of ether oxygens (including phenoxy) is 1. The summed E-state index contributed by atoms with van der Waals surface area (Å²) < 4.78 is 36.4. The summed E-state index contributed by atoms with van der Waals surface area (Å²) in [4.78, 5) is 8.39. The molecule has 0 saturated heterocycles. The zero-order chi connectivity index (χ0) is 38.4. The first-order valence-corrected chi connectivity index (χ1v) is 18.3. The standard InChI is InChI=1S/C49H28N5O.Pt/c1-51-28-52-44-26-29(21-23-34(44)31-10-2-3-11-32(31)36-17-8-19-42(51)48(36)52)55-30-22-24-35-38-14-7-16-40-39-15-6-13-37-33-12-4-5-18-41(33)53(46(37)39)43-20-9-25-50-49(43)54(47(38)40)45(35)27-30;/h2-25,28H,1H3;/q-3;/i1D3;. The topological polar surface area (TPSA) is 37.4 Å². The van der Waals surface area contributed by atoms with Crippen molar-refractivity contribution in [2.24, 2.45) is 0 Å². The third-order valence-corrected chi connectivity index (χ3v) is 11.5. The number of aromatic nitrogens is 3. The number of benzene rings is 7. The molecule has 6 nitrogen and oxygen atoms in total. The maximum absolute atomic E-state index is 8.36. The monoisotopic (exact) mass is 900 g/mol. The van der Waals surface area contributed by atoms with Gasteiger partial charge in [0.2, 0.25) is 0 Å². The molecular formula is C49H28N5OPt-3. The second-order valence-corrected chi connectivity index (χ2v) is 14.3. The van der Waals surface area contributed by atoms with Gasteiger partial charge in [0.05, 0.1) is 16.6 Å². The van der Waals surface area contributed by atoms with E-state index in [2.05, 4.69) is 106 Å². The minimum atomic E-state index is -2.38. The van der Waals surface area contributed by atoms with E-state index in [-0.39, 0.29) is 21.1 Å². The Bertz CT molecular complexity index is 3610. The summed E-state index contributed by atoms with van der Waals surface area (Å²) in [6.45, 7) is -0.719. The van der Waals surface area contributed by atoms with Gasteiger partial charge < -0.3 is 23.3 Å². The number of nitrogens with zero attached hydrogens (tertiary/aromatic N) is 5. The molecule has 0 amide bonds. The minimum absolute atomic E-state index is 0. The Morgan fingerprint density at radius 2 is 1.21 bits per heavy atom. The molecular weight excluding hydrogens is 870 g/mol. The molecule has 56 heavy (non-hydrogen) atoms. The molecule has 11 aromatic rings. The molecule has 0 radical (unpaired) electrons. The first-order chi connectivity index (χ1) is 28.4. The second-order valence-electron chi connectivity index (χ2n) is 14.3. The molecule has 0 fully saturated rings. The Morgan fingerprint density at radius 1 is 0.571 bits per heavy atom. The number of para-hydroxylation sites is 4. The van der Waals surface area contributed by atoms with E-state index in [9.17, 15) is 0 Å². The van der Waals surface area contributed by atoms with E-state index in [1.807, 2.05) is 65.7 Å². The van der Waals surface area contributed by atoms with Crippen LogP contribution < -0.4 is 14.5 Å². The van der Waals surface area contributed by atoms with Gasteiger partial charge in [0, 0.05) is 86.9 Å². The zero-order valence-corrected chi connectivity index (χ0v) is 31.7. The normalized spacial score (nSPS) is 14.2. The zero-order valence-electron chi connectivity index (χ0n) is 32.4. The van der Waals surface area contributed by atoms with Crippen LogP contribution in [0, 0.1) is 18.8 Å². The van der Waals surface area contributed by atoms with Gasteiger partial charge in [-0.15, -0.1) is 35.2 Å². The molecule has 7 heteroatoms. The maximum Gasteiger partial charge on any atom is 0.160 e. The fourth-order valence-corrected chi connectivity index (χ4v) is 9.28. The SMILES string of the molecule is [2H]C([2H])([2H])N1[CH-]N2c3[c-]c(Oc4[c-]c5c(cc4)c4cccc6c7cccc8c9ccccc9n(c9cccnc9n5c46)c87)ccc3-c3ccccc3-c3cccc1c32.[Pt]. The Morgan fingerprint density at radius 3 is 2.05 bits per heavy atom. The van der Waals surface area contributed by atoms with Gasteiger partial charge in [-0.3, -0.25) is 0 Å². The molecule has 0 spiro atoms. The summed E-state index contributed by atoms with van der Waals surface area (Å²) in [5.74, 6) is 0.995. The van der Waals surface area contributed by atoms with Crippen molar-refractivity contribution in [2.75, 3.05) is 16.8 Å². The van der Waals surface area contributed by atoms with E-state index in [0.29, 0.717) is 22.9 Å². The first-order valence-electron chi connectivity index (χ1n) is 19.8. The van der Waals surface area contributed by atoms with Crippen LogP contribution >= 0.6 is 0 Å². The predicted molar refractivity (Wildman–Crippen MR) is 224 cm³/mol. The van der Waals surface area contributed by atoms with Gasteiger partial charge in [-0.25, -0.2) is 4.98 Å². The molecule has 2 aliphatic heterocycles. The van der Waals surface area contributed by atoms with Crippen LogP contribution in [0.5, 0.6) is 11.5 Å². The van der Waals surface area contributed by atoms with Crippen molar-refractivity contribution in [2.45, 2.75) is 0 Å². The van der Waals surface area contributed by atoms with Gasteiger partial charge in [-0.05, 0) is 42.2 Å². The Kier molecular flexibility index (Phi) is 5.88. The van der Waals surface area contributed by atoms with Crippen LogP contribution in [0.15, 0.2) is 146 Å². The average molecular weight is 901 g/mol. The van der Waals surface area contributed by atoms with E-state index in [1.54, 1.807) is 6.67 Å². The van der Waals surface area contributed by atoms with E-state index >= 15 is 0 Å². The van der Waals surface area contributed by atoms with Crippen LogP contribution in [0.1, 0.15) is 4.11 Å². The largest absolute Gasteiger partial charge is 0.509 e. The summed E-state index contributed by atoms with van der Waals surface area (Å²) >= 11 is 0. The number of anilines is 3. The maximum atomic E-state index is 8.36. The first kappa shape index (κ1) is 28.8. The van der Waals surface area contributed by atoms with Gasteiger partial charge in [0.15, 0.2) is 5.65 Å². The summed E-state index contributed by atoms with van der Waals surface area (Å²) in [5, 5.41) is 6.79. The number of hydrogen-bond acceptors (Lipinski definition) is 4. The van der Waals surface area contributed by atoms with Crippen molar-refractivity contribution in [1.82, 2.24) is 13.8 Å². The quantitative estimate of drug-likeness (QED) is 0.162. The molecule has 0 saturated carbocycles. The molecule has 4 aromatic heterocycles. The number of fused-ring (bicyclic) bond motifs is 15. The van der Waals surface area contributed by atoms with Crippen molar-refractivity contribution in [1.29, 1.82) is 0 Å². The molecule has 0 aliphatic carbocycles. The molecule has 268 valence electrons. The molecule has 0 atom stereocenters. The van der Waals surface area contributed by atoms with Crippen LogP contribution in [-0.4, -0.2) is 20.8 Å². The molecule has 7 aromatic carbocycles. The summed E-state index contributed by atoms with van der Waals surface area (Å²) in [7, 11) is 0. The van der Waals surface area contributed by atoms with Crippen molar-refractivity contribution in [3.8, 4) is 33.8 Å². The van der Waals surface area contributed by atoms with Crippen LogP contribution in [0.4, 0.5) is 17.1 Å². The second kappa shape index (κ2) is 11.5. The van der Waals surface area contributed by atoms with Gasteiger partial charge in [0.25, 0.3) is 0 Å². The van der Waals surface area contributed by atoms with E-state index in [1.165, 1.54) is 15.7 Å². The third kappa shape index (κ3) is 4.06. The van der Waals surface area contributed by atoms with Gasteiger partial charge in [-0.1, -0.05) is 108 Å². The van der Waals surface area contributed by atoms with Crippen molar-refractivity contribution in [3.63, 3.8) is 0 Å². The molecule has 0 bridgehead atoms. The fourth-order valence-electron chi connectivity index (χ4n) is 9.28. The van der Waals surface area contributed by atoms with Crippen molar-refractivity contribution >= 4 is 82.6 Å². The molecule has 0 N–H and O–H groups in total. The third-order valence-electron chi connectivity index (χ3n) is 11.5. The van der Waals surface area contributed by atoms with Crippen LogP contribution in [0.25, 0.3) is 87.8 Å². The van der Waals surface area contributed by atoms with Crippen LogP contribution in [-0.2, 0) is 21.1 Å². The number of rotatable bonds is 2. The smallest absolute Gasteiger partial charge is 0.160 e. The Balaban J connectivity index is 0.00000377. The number of pyridine rings is 1. The van der Waals surface area contributed by atoms with Gasteiger partial charge in [-0.2, -0.15) is 18.8 Å². The van der Waals surface area contributed by atoms with Crippen molar-refractivity contribution < 1.29 is 29.9 Å². The average Bonchev–Trinajstić information content (AvgIpc) is 3.89. The Labute approximate surface area is 339 Å². The van der Waals surface area contributed by atoms with Gasteiger partial charge in [0.1, 0.15) is 0 Å². The number of hydrogen-bond donors (Lipinski definition) is 0. The summed E-state index contributed by atoms with van der Waals surface area (Å²) in [6.07, 6.45) is 1.85. The van der Waals surface area contributed by atoms with Crippen molar-refractivity contribution in [3.05, 3.63) is 165 Å².